The predicted octanol–water partition coefficient (Wildman–Crippen LogP) is 4.00. The van der Waals surface area contributed by atoms with Crippen LogP contribution in [0.25, 0.3) is 5.57 Å². The van der Waals surface area contributed by atoms with E-state index in [2.05, 4.69) is 4.98 Å². The Bertz CT molecular complexity index is 1030. The number of anilines is 1. The van der Waals surface area contributed by atoms with E-state index in [-0.39, 0.29) is 17.4 Å². The molecule has 0 bridgehead atoms. The third kappa shape index (κ3) is 4.15. The first-order valence-corrected chi connectivity index (χ1v) is 9.80. The van der Waals surface area contributed by atoms with Crippen molar-refractivity contribution in [2.24, 2.45) is 0 Å². The maximum Gasteiger partial charge on any atom is 0.355 e. The minimum Gasteiger partial charge on any atom is -0.494 e. The Labute approximate surface area is 175 Å². The molecule has 0 spiro atoms. The van der Waals surface area contributed by atoms with Gasteiger partial charge in [-0.25, -0.2) is 4.79 Å². The van der Waals surface area contributed by atoms with E-state index >= 15 is 0 Å². The van der Waals surface area contributed by atoms with E-state index in [1.54, 1.807) is 4.90 Å². The summed E-state index contributed by atoms with van der Waals surface area (Å²) in [5.41, 5.74) is 2.59. The highest BCUT2D eigenvalue weighted by molar-refractivity contribution is 6.02. The van der Waals surface area contributed by atoms with Crippen LogP contribution in [0.2, 0.25) is 0 Å². The van der Waals surface area contributed by atoms with Gasteiger partial charge in [0.25, 0.3) is 5.91 Å². The van der Waals surface area contributed by atoms with Gasteiger partial charge >= 0.3 is 5.97 Å². The topological polar surface area (TPSA) is 88.7 Å². The van der Waals surface area contributed by atoms with Crippen LogP contribution in [0.3, 0.4) is 0 Å². The number of hydrogen-bond donors (Lipinski definition) is 1. The number of esters is 1. The monoisotopic (exact) mass is 410 g/mol. The standard InChI is InChI=1S/C23H26N2O5/c1-6-29-17-7-8-20-18(10-17)14(2)11-23(4,5)25(20)21(27)13-30-22(28)19-9-16(12-24-19)15(3)26/h7-12,24H,6,13H2,1-5H3. The lowest BCUT2D eigenvalue weighted by molar-refractivity contribution is -0.122. The summed E-state index contributed by atoms with van der Waals surface area (Å²) >= 11 is 0. The summed E-state index contributed by atoms with van der Waals surface area (Å²) in [6, 6.07) is 7.00. The van der Waals surface area contributed by atoms with E-state index in [1.165, 1.54) is 19.2 Å². The molecule has 1 amide bonds. The number of fused-ring (bicyclic) bond motifs is 1. The lowest BCUT2D eigenvalue weighted by Crippen LogP contribution is -2.50. The second-order valence-corrected chi connectivity index (χ2v) is 7.76. The number of nitrogens with one attached hydrogen (secondary N) is 1. The van der Waals surface area contributed by atoms with Gasteiger partial charge in [-0.3, -0.25) is 14.5 Å². The number of aromatic nitrogens is 1. The van der Waals surface area contributed by atoms with Crippen molar-refractivity contribution in [2.45, 2.75) is 40.2 Å². The third-order valence-electron chi connectivity index (χ3n) is 4.98. The van der Waals surface area contributed by atoms with Gasteiger partial charge in [0, 0.05) is 17.3 Å². The van der Waals surface area contributed by atoms with Crippen LogP contribution in [0, 0.1) is 0 Å². The van der Waals surface area contributed by atoms with Gasteiger partial charge in [0.1, 0.15) is 11.4 Å². The molecule has 0 saturated heterocycles. The van der Waals surface area contributed by atoms with Crippen LogP contribution in [0.1, 0.15) is 61.0 Å². The Morgan fingerprint density at radius 2 is 1.90 bits per heavy atom. The van der Waals surface area contributed by atoms with Crippen LogP contribution in [0.15, 0.2) is 36.5 Å². The summed E-state index contributed by atoms with van der Waals surface area (Å²) in [5, 5.41) is 0. The molecule has 1 N–H and O–H groups in total. The van der Waals surface area contributed by atoms with Crippen LogP contribution in [0.4, 0.5) is 5.69 Å². The number of amides is 1. The summed E-state index contributed by atoms with van der Waals surface area (Å²) in [5.74, 6) is -0.470. The summed E-state index contributed by atoms with van der Waals surface area (Å²) in [6.07, 6.45) is 3.45. The number of allylic oxidation sites excluding steroid dienone is 1. The van der Waals surface area contributed by atoms with Gasteiger partial charge in [-0.1, -0.05) is 6.08 Å². The molecule has 1 aromatic heterocycles. The molecule has 2 aromatic rings. The van der Waals surface area contributed by atoms with Gasteiger partial charge in [0.2, 0.25) is 0 Å². The lowest BCUT2D eigenvalue weighted by atomic mass is 9.88. The van der Waals surface area contributed by atoms with Crippen LogP contribution >= 0.6 is 0 Å². The number of carbonyl (C=O) groups excluding carboxylic acids is 3. The first kappa shape index (κ1) is 21.4. The van der Waals surface area contributed by atoms with Gasteiger partial charge in [-0.05, 0) is 64.5 Å². The number of aromatic amines is 1. The van der Waals surface area contributed by atoms with Crippen LogP contribution in [0.5, 0.6) is 5.75 Å². The third-order valence-corrected chi connectivity index (χ3v) is 4.98. The molecule has 2 heterocycles. The number of ether oxygens (including phenoxy) is 2. The van der Waals surface area contributed by atoms with Crippen LogP contribution in [-0.4, -0.2) is 41.4 Å². The Hall–Kier alpha value is -3.35. The minimum absolute atomic E-state index is 0.128. The molecule has 1 aromatic carbocycles. The predicted molar refractivity (Wildman–Crippen MR) is 114 cm³/mol. The zero-order chi connectivity index (χ0) is 22.1. The highest BCUT2D eigenvalue weighted by Crippen LogP contribution is 2.40. The van der Waals surface area contributed by atoms with Gasteiger partial charge in [0.15, 0.2) is 12.4 Å². The highest BCUT2D eigenvalue weighted by atomic mass is 16.5. The molecule has 0 saturated carbocycles. The fraction of sp³-hybridized carbons (Fsp3) is 0.348. The van der Waals surface area contributed by atoms with Gasteiger partial charge in [0.05, 0.1) is 17.8 Å². The molecule has 7 nitrogen and oxygen atoms in total. The van der Waals surface area contributed by atoms with E-state index in [1.807, 2.05) is 52.0 Å². The largest absolute Gasteiger partial charge is 0.494 e. The molecule has 0 aliphatic carbocycles. The fourth-order valence-corrected chi connectivity index (χ4v) is 3.71. The molecule has 1 aliphatic rings. The van der Waals surface area contributed by atoms with Crippen molar-refractivity contribution in [1.29, 1.82) is 0 Å². The number of ketones is 1. The number of nitrogens with zero attached hydrogens (tertiary/aromatic N) is 1. The summed E-state index contributed by atoms with van der Waals surface area (Å²) in [4.78, 5) is 41.1. The van der Waals surface area contributed by atoms with Crippen molar-refractivity contribution >= 4 is 28.9 Å². The average molecular weight is 410 g/mol. The number of benzene rings is 1. The first-order chi connectivity index (χ1) is 14.1. The normalized spacial score (nSPS) is 14.6. The van der Waals surface area contributed by atoms with E-state index in [0.717, 1.165) is 22.6 Å². The first-order valence-electron chi connectivity index (χ1n) is 9.80. The molecule has 0 fully saturated rings. The van der Waals surface area contributed by atoms with E-state index in [0.29, 0.717) is 12.2 Å². The maximum absolute atomic E-state index is 13.1. The van der Waals surface area contributed by atoms with Crippen molar-refractivity contribution in [3.05, 3.63) is 53.4 Å². The SMILES string of the molecule is CCOc1ccc2c(c1)C(C)=CC(C)(C)N2C(=O)COC(=O)c1cc(C(C)=O)c[nH]1. The van der Waals surface area contributed by atoms with Crippen LogP contribution < -0.4 is 9.64 Å². The van der Waals surface area contributed by atoms with Crippen molar-refractivity contribution in [3.8, 4) is 5.75 Å². The Balaban J connectivity index is 1.80. The zero-order valence-corrected chi connectivity index (χ0v) is 17.9. The molecule has 0 atom stereocenters. The molecule has 30 heavy (non-hydrogen) atoms. The van der Waals surface area contributed by atoms with Crippen LogP contribution in [-0.2, 0) is 9.53 Å². The van der Waals surface area contributed by atoms with Crippen molar-refractivity contribution < 1.29 is 23.9 Å². The van der Waals surface area contributed by atoms with Gasteiger partial charge in [-0.15, -0.1) is 0 Å². The number of Topliss-reactive ketones (excluding diaryl/α,β-unsaturated/α-hetero) is 1. The number of carbonyl (C=O) groups is 3. The number of rotatable bonds is 6. The van der Waals surface area contributed by atoms with E-state index in [9.17, 15) is 14.4 Å². The molecule has 0 radical (unpaired) electrons. The van der Waals surface area contributed by atoms with Crippen molar-refractivity contribution in [3.63, 3.8) is 0 Å². The Morgan fingerprint density at radius 1 is 1.17 bits per heavy atom. The molecular formula is C23H26N2O5. The van der Waals surface area contributed by atoms with E-state index in [4.69, 9.17) is 9.47 Å². The second kappa shape index (κ2) is 8.18. The Morgan fingerprint density at radius 3 is 2.53 bits per heavy atom. The fourth-order valence-electron chi connectivity index (χ4n) is 3.71. The van der Waals surface area contributed by atoms with Gasteiger partial charge < -0.3 is 14.5 Å². The molecule has 0 unspecified atom stereocenters. The quantitative estimate of drug-likeness (QED) is 0.574. The molecule has 3 rings (SSSR count). The average Bonchev–Trinajstić information content (AvgIpc) is 3.17. The molecule has 1 aliphatic heterocycles. The second-order valence-electron chi connectivity index (χ2n) is 7.76. The number of H-pyrrole nitrogens is 1. The maximum atomic E-state index is 13.1. The smallest absolute Gasteiger partial charge is 0.355 e. The molecular weight excluding hydrogens is 384 g/mol. The molecule has 7 heteroatoms. The summed E-state index contributed by atoms with van der Waals surface area (Å²) in [7, 11) is 0. The highest BCUT2D eigenvalue weighted by Gasteiger charge is 2.36. The van der Waals surface area contributed by atoms with Crippen molar-refractivity contribution in [2.75, 3.05) is 18.1 Å². The van der Waals surface area contributed by atoms with Gasteiger partial charge in [-0.2, -0.15) is 0 Å². The summed E-state index contributed by atoms with van der Waals surface area (Å²) in [6.45, 7) is 9.31. The van der Waals surface area contributed by atoms with E-state index < -0.39 is 18.1 Å². The Kier molecular flexibility index (Phi) is 5.82. The zero-order valence-electron chi connectivity index (χ0n) is 17.9. The lowest BCUT2D eigenvalue weighted by Gasteiger charge is -2.41. The van der Waals surface area contributed by atoms with Crippen molar-refractivity contribution in [1.82, 2.24) is 4.98 Å². The minimum atomic E-state index is -0.690. The summed E-state index contributed by atoms with van der Waals surface area (Å²) < 4.78 is 10.8. The number of hydrogen-bond acceptors (Lipinski definition) is 5. The molecule has 158 valence electrons.